The first-order valence-corrected chi connectivity index (χ1v) is 5.16. The molecule has 0 N–H and O–H groups in total. The average Bonchev–Trinajstić information content (AvgIpc) is 2.01. The van der Waals surface area contributed by atoms with Gasteiger partial charge in [0.05, 0.1) is 0 Å². The molecule has 0 saturated carbocycles. The van der Waals surface area contributed by atoms with Crippen molar-refractivity contribution in [3.05, 3.63) is 35.4 Å². The summed E-state index contributed by atoms with van der Waals surface area (Å²) in [6.45, 7) is 13.4. The zero-order valence-corrected chi connectivity index (χ0v) is 10.2. The van der Waals surface area contributed by atoms with Crippen molar-refractivity contribution in [3.8, 4) is 0 Å². The van der Waals surface area contributed by atoms with Crippen molar-refractivity contribution in [1.82, 2.24) is 0 Å². The van der Waals surface area contributed by atoms with Gasteiger partial charge in [-0.15, -0.1) is 0 Å². The maximum atomic E-state index is 3.26. The van der Waals surface area contributed by atoms with E-state index in [4.69, 9.17) is 0 Å². The predicted molar refractivity (Wildman–Crippen MR) is 61.5 cm³/mol. The summed E-state index contributed by atoms with van der Waals surface area (Å²) in [6, 6.07) is 10.4. The molecule has 0 atom stereocenters. The maximum absolute atomic E-state index is 3.26. The Labute approximate surface area is 88.4 Å². The summed E-state index contributed by atoms with van der Waals surface area (Å²) in [5.74, 6) is 0. The van der Waals surface area contributed by atoms with E-state index in [2.05, 4.69) is 59.7 Å². The van der Waals surface area contributed by atoms with E-state index in [1.165, 1.54) is 11.1 Å². The van der Waals surface area contributed by atoms with Crippen LogP contribution in [0.3, 0.4) is 0 Å². The van der Waals surface area contributed by atoms with Gasteiger partial charge in [-0.3, -0.25) is 0 Å². The molecule has 0 aromatic heterocycles. The summed E-state index contributed by atoms with van der Waals surface area (Å²) < 4.78 is 0. The molecule has 0 bridgehead atoms. The zero-order valence-electron chi connectivity index (χ0n) is 10.2. The summed E-state index contributed by atoms with van der Waals surface area (Å²) >= 11 is 0. The number of rotatable bonds is 0. The Morgan fingerprint density at radius 2 is 1.50 bits per heavy atom. The minimum absolute atomic E-state index is 0.153. The van der Waals surface area contributed by atoms with Crippen molar-refractivity contribution < 1.29 is 0 Å². The Morgan fingerprint density at radius 1 is 0.929 bits per heavy atom. The van der Waals surface area contributed by atoms with Crippen LogP contribution in [-0.2, 0) is 10.8 Å². The summed E-state index contributed by atoms with van der Waals surface area (Å²) in [4.78, 5) is 0. The molecule has 0 heterocycles. The van der Waals surface area contributed by atoms with E-state index in [1.54, 1.807) is 0 Å². The molecular formula is C14H20. The fraction of sp³-hybridized carbons (Fsp3) is 0.571. The van der Waals surface area contributed by atoms with Crippen molar-refractivity contribution >= 4 is 0 Å². The normalized spacial score (nSPS) is 13.0. The van der Waals surface area contributed by atoms with Gasteiger partial charge in [-0.2, -0.15) is 0 Å². The second-order valence-electron chi connectivity index (χ2n) is 5.89. The molecule has 0 saturated heterocycles. The fourth-order valence-electron chi connectivity index (χ4n) is 1.61. The first-order valence-electron chi connectivity index (χ1n) is 5.16. The van der Waals surface area contributed by atoms with Gasteiger partial charge < -0.3 is 0 Å². The van der Waals surface area contributed by atoms with E-state index >= 15 is 0 Å². The molecule has 1 aromatic rings. The lowest BCUT2D eigenvalue weighted by molar-refractivity contribution is 0.529. The number of hydrogen-bond acceptors (Lipinski definition) is 0. The van der Waals surface area contributed by atoms with Crippen LogP contribution in [0.25, 0.3) is 0 Å². The molecule has 14 heavy (non-hydrogen) atoms. The van der Waals surface area contributed by atoms with E-state index in [0.29, 0.717) is 0 Å². The maximum Gasteiger partial charge on any atom is -0.00555 e. The minimum Gasteiger partial charge on any atom is -0.0576 e. The van der Waals surface area contributed by atoms with Crippen LogP contribution in [0.15, 0.2) is 12.1 Å². The molecule has 0 unspecified atom stereocenters. The quantitative estimate of drug-likeness (QED) is 0.579. The van der Waals surface area contributed by atoms with Crippen LogP contribution in [0.5, 0.6) is 0 Å². The van der Waals surface area contributed by atoms with Gasteiger partial charge in [-0.1, -0.05) is 53.7 Å². The molecule has 0 fully saturated rings. The van der Waals surface area contributed by atoms with E-state index in [-0.39, 0.29) is 10.8 Å². The van der Waals surface area contributed by atoms with Gasteiger partial charge in [0.25, 0.3) is 0 Å². The highest BCUT2D eigenvalue weighted by Crippen LogP contribution is 2.32. The van der Waals surface area contributed by atoms with E-state index in [1.807, 2.05) is 6.07 Å². The van der Waals surface area contributed by atoms with E-state index in [9.17, 15) is 0 Å². The molecule has 0 heteroatoms. The topological polar surface area (TPSA) is 0 Å². The van der Waals surface area contributed by atoms with Crippen LogP contribution >= 0.6 is 0 Å². The lowest BCUT2D eigenvalue weighted by Crippen LogP contribution is -2.21. The van der Waals surface area contributed by atoms with Crippen LogP contribution in [-0.4, -0.2) is 0 Å². The lowest BCUT2D eigenvalue weighted by atomic mass is 9.75. The standard InChI is InChI=1S/C14H20/c1-13(2,3)11-9-7-8-10-12(11)14(4,5)6/h7,9H,1-6H3. The Bertz CT molecular complexity index is 275. The van der Waals surface area contributed by atoms with E-state index in [0.717, 1.165) is 0 Å². The Kier molecular flexibility index (Phi) is 2.76. The largest absolute Gasteiger partial charge is 0.0576 e. The molecule has 76 valence electrons. The molecule has 1 aromatic carbocycles. The third-order valence-corrected chi connectivity index (χ3v) is 2.36. The average molecular weight is 188 g/mol. The van der Waals surface area contributed by atoms with Crippen molar-refractivity contribution in [3.63, 3.8) is 0 Å². The predicted octanol–water partition coefficient (Wildman–Crippen LogP) is 3.88. The summed E-state index contributed by atoms with van der Waals surface area (Å²) in [6.07, 6.45) is 0. The number of benzene rings is 1. The molecule has 2 radical (unpaired) electrons. The van der Waals surface area contributed by atoms with Crippen molar-refractivity contribution in [2.75, 3.05) is 0 Å². The lowest BCUT2D eigenvalue weighted by Gasteiger charge is -2.29. The molecule has 0 aliphatic rings. The monoisotopic (exact) mass is 188 g/mol. The molecule has 0 aliphatic heterocycles. The molecule has 0 aliphatic carbocycles. The van der Waals surface area contributed by atoms with Gasteiger partial charge >= 0.3 is 0 Å². The first kappa shape index (κ1) is 11.3. The highest BCUT2D eigenvalue weighted by Gasteiger charge is 2.24. The third-order valence-electron chi connectivity index (χ3n) is 2.36. The highest BCUT2D eigenvalue weighted by molar-refractivity contribution is 5.36. The van der Waals surface area contributed by atoms with Gasteiger partial charge in [-0.05, 0) is 34.1 Å². The molecule has 0 spiro atoms. The minimum atomic E-state index is 0.153. The van der Waals surface area contributed by atoms with Gasteiger partial charge in [0.2, 0.25) is 0 Å². The van der Waals surface area contributed by atoms with Crippen LogP contribution in [0.2, 0.25) is 0 Å². The SMILES string of the molecule is CC(C)(C)c1[c][c]ccc1C(C)(C)C. The zero-order chi connectivity index (χ0) is 11.0. The molecule has 1 rings (SSSR count). The van der Waals surface area contributed by atoms with Crippen molar-refractivity contribution in [2.24, 2.45) is 0 Å². The van der Waals surface area contributed by atoms with Crippen molar-refractivity contribution in [2.45, 2.75) is 52.4 Å². The van der Waals surface area contributed by atoms with Crippen LogP contribution < -0.4 is 0 Å². The van der Waals surface area contributed by atoms with Crippen LogP contribution in [0.4, 0.5) is 0 Å². The van der Waals surface area contributed by atoms with Crippen LogP contribution in [0.1, 0.15) is 52.7 Å². The van der Waals surface area contributed by atoms with Gasteiger partial charge in [0.15, 0.2) is 0 Å². The Balaban J connectivity index is 3.31. The summed E-state index contributed by atoms with van der Waals surface area (Å²) in [7, 11) is 0. The summed E-state index contributed by atoms with van der Waals surface area (Å²) in [5.41, 5.74) is 3.01. The Hall–Kier alpha value is -0.780. The number of hydrogen-bond donors (Lipinski definition) is 0. The molecule has 0 amide bonds. The van der Waals surface area contributed by atoms with Crippen LogP contribution in [0, 0.1) is 12.1 Å². The first-order chi connectivity index (χ1) is 6.23. The second kappa shape index (κ2) is 3.42. The fourth-order valence-corrected chi connectivity index (χ4v) is 1.61. The molecule has 0 nitrogen and oxygen atoms in total. The molecular weight excluding hydrogens is 168 g/mol. The Morgan fingerprint density at radius 3 is 1.86 bits per heavy atom. The van der Waals surface area contributed by atoms with Gasteiger partial charge in [-0.25, -0.2) is 0 Å². The second-order valence-corrected chi connectivity index (χ2v) is 5.89. The third kappa shape index (κ3) is 2.37. The van der Waals surface area contributed by atoms with E-state index < -0.39 is 0 Å². The van der Waals surface area contributed by atoms with Crippen molar-refractivity contribution in [1.29, 1.82) is 0 Å². The summed E-state index contributed by atoms with van der Waals surface area (Å²) in [5, 5.41) is 0. The van der Waals surface area contributed by atoms with Gasteiger partial charge in [0.1, 0.15) is 0 Å². The smallest absolute Gasteiger partial charge is 0.00555 e. The highest BCUT2D eigenvalue weighted by atomic mass is 14.3. The van der Waals surface area contributed by atoms with Gasteiger partial charge in [0, 0.05) is 0 Å².